The molecule has 20 heavy (non-hydrogen) atoms. The van der Waals surface area contributed by atoms with Gasteiger partial charge in [-0.15, -0.1) is 5.10 Å². The second-order valence-electron chi connectivity index (χ2n) is 5.64. The number of hydrogen-bond acceptors (Lipinski definition) is 4. The predicted molar refractivity (Wildman–Crippen MR) is 83.1 cm³/mol. The molecule has 4 nitrogen and oxygen atoms in total. The summed E-state index contributed by atoms with van der Waals surface area (Å²) in [5.74, 6) is 1.84. The maximum atomic E-state index is 4.46. The van der Waals surface area contributed by atoms with Gasteiger partial charge < -0.3 is 10.2 Å². The third kappa shape index (κ3) is 2.48. The van der Waals surface area contributed by atoms with E-state index in [0.29, 0.717) is 0 Å². The summed E-state index contributed by atoms with van der Waals surface area (Å²) in [6, 6.07) is 8.45. The summed E-state index contributed by atoms with van der Waals surface area (Å²) in [6.45, 7) is 5.30. The molecule has 1 aromatic carbocycles. The molecule has 0 saturated carbocycles. The van der Waals surface area contributed by atoms with Crippen molar-refractivity contribution in [2.24, 2.45) is 5.92 Å². The van der Waals surface area contributed by atoms with Gasteiger partial charge in [-0.25, -0.2) is 0 Å². The van der Waals surface area contributed by atoms with Crippen LogP contribution in [0.25, 0.3) is 10.8 Å². The smallest absolute Gasteiger partial charge is 0.159 e. The molecule has 0 radical (unpaired) electrons. The summed E-state index contributed by atoms with van der Waals surface area (Å²) in [5, 5.41) is 14.5. The SMILES string of the molecule is CNCC1CCN(c2nnc(C)c3ccccc23)CC1. The average molecular weight is 270 g/mol. The summed E-state index contributed by atoms with van der Waals surface area (Å²) in [6.07, 6.45) is 2.45. The van der Waals surface area contributed by atoms with Gasteiger partial charge in [-0.2, -0.15) is 5.10 Å². The standard InChI is InChI=1S/C16H22N4/c1-12-14-5-3-4-6-15(14)16(19-18-12)20-9-7-13(8-10-20)11-17-2/h3-6,13,17H,7-11H2,1-2H3. The molecule has 1 saturated heterocycles. The molecule has 0 bridgehead atoms. The quantitative estimate of drug-likeness (QED) is 0.929. The largest absolute Gasteiger partial charge is 0.355 e. The van der Waals surface area contributed by atoms with E-state index >= 15 is 0 Å². The van der Waals surface area contributed by atoms with Crippen molar-refractivity contribution in [1.82, 2.24) is 15.5 Å². The number of hydrogen-bond donors (Lipinski definition) is 1. The Morgan fingerprint density at radius 2 is 1.85 bits per heavy atom. The number of benzene rings is 1. The molecule has 0 amide bonds. The fraction of sp³-hybridized carbons (Fsp3) is 0.500. The van der Waals surface area contributed by atoms with Crippen molar-refractivity contribution in [2.45, 2.75) is 19.8 Å². The van der Waals surface area contributed by atoms with Crippen molar-refractivity contribution >= 4 is 16.6 Å². The third-order valence-corrected chi connectivity index (χ3v) is 4.26. The molecule has 106 valence electrons. The van der Waals surface area contributed by atoms with Crippen LogP contribution in [0.3, 0.4) is 0 Å². The Bertz CT molecular complexity index is 588. The summed E-state index contributed by atoms with van der Waals surface area (Å²) < 4.78 is 0. The van der Waals surface area contributed by atoms with Crippen molar-refractivity contribution in [3.8, 4) is 0 Å². The summed E-state index contributed by atoms with van der Waals surface area (Å²) >= 11 is 0. The molecule has 4 heteroatoms. The van der Waals surface area contributed by atoms with Crippen LogP contribution in [-0.4, -0.2) is 36.9 Å². The van der Waals surface area contributed by atoms with Crippen molar-refractivity contribution in [3.63, 3.8) is 0 Å². The van der Waals surface area contributed by atoms with Crippen LogP contribution < -0.4 is 10.2 Å². The van der Waals surface area contributed by atoms with Gasteiger partial charge in [0.15, 0.2) is 5.82 Å². The first-order valence-electron chi connectivity index (χ1n) is 7.41. The fourth-order valence-electron chi connectivity index (χ4n) is 3.09. The number of anilines is 1. The molecule has 0 spiro atoms. The third-order valence-electron chi connectivity index (χ3n) is 4.26. The monoisotopic (exact) mass is 270 g/mol. The highest BCUT2D eigenvalue weighted by atomic mass is 15.3. The number of rotatable bonds is 3. The zero-order valence-corrected chi connectivity index (χ0v) is 12.3. The van der Waals surface area contributed by atoms with Crippen LogP contribution in [0.4, 0.5) is 5.82 Å². The van der Waals surface area contributed by atoms with E-state index < -0.39 is 0 Å². The minimum atomic E-state index is 0.793. The fourth-order valence-corrected chi connectivity index (χ4v) is 3.09. The van der Waals surface area contributed by atoms with E-state index in [9.17, 15) is 0 Å². The van der Waals surface area contributed by atoms with E-state index in [1.807, 2.05) is 14.0 Å². The maximum Gasteiger partial charge on any atom is 0.159 e. The van der Waals surface area contributed by atoms with Crippen LogP contribution in [-0.2, 0) is 0 Å². The molecule has 1 N–H and O–H groups in total. The lowest BCUT2D eigenvalue weighted by atomic mass is 9.96. The first-order chi connectivity index (χ1) is 9.79. The Labute approximate surface area is 120 Å². The van der Waals surface area contributed by atoms with Gasteiger partial charge in [0.1, 0.15) is 0 Å². The molecule has 0 atom stereocenters. The van der Waals surface area contributed by atoms with Gasteiger partial charge in [-0.05, 0) is 39.3 Å². The van der Waals surface area contributed by atoms with Crippen LogP contribution in [0.15, 0.2) is 24.3 Å². The molecule has 1 aromatic heterocycles. The molecule has 1 aliphatic rings. The molecule has 0 unspecified atom stereocenters. The number of piperidine rings is 1. The van der Waals surface area contributed by atoms with E-state index in [1.54, 1.807) is 0 Å². The molecule has 2 aromatic rings. The van der Waals surface area contributed by atoms with E-state index in [4.69, 9.17) is 0 Å². The van der Waals surface area contributed by atoms with E-state index in [2.05, 4.69) is 44.7 Å². The van der Waals surface area contributed by atoms with Gasteiger partial charge in [-0.1, -0.05) is 24.3 Å². The zero-order valence-electron chi connectivity index (χ0n) is 12.3. The van der Waals surface area contributed by atoms with E-state index in [1.165, 1.54) is 23.6 Å². The van der Waals surface area contributed by atoms with Crippen LogP contribution in [0.1, 0.15) is 18.5 Å². The summed E-state index contributed by atoms with van der Waals surface area (Å²) in [7, 11) is 2.03. The molecule has 1 aliphatic heterocycles. The molecular weight excluding hydrogens is 248 g/mol. The number of aryl methyl sites for hydroxylation is 1. The highest BCUT2D eigenvalue weighted by Gasteiger charge is 2.21. The van der Waals surface area contributed by atoms with Crippen LogP contribution in [0.2, 0.25) is 0 Å². The van der Waals surface area contributed by atoms with Crippen LogP contribution in [0.5, 0.6) is 0 Å². The predicted octanol–water partition coefficient (Wildman–Crippen LogP) is 2.37. The molecule has 1 fully saturated rings. The van der Waals surface area contributed by atoms with Crippen molar-refractivity contribution in [2.75, 3.05) is 31.6 Å². The van der Waals surface area contributed by atoms with Crippen molar-refractivity contribution < 1.29 is 0 Å². The summed E-state index contributed by atoms with van der Waals surface area (Å²) in [5.41, 5.74) is 1.01. The van der Waals surface area contributed by atoms with Gasteiger partial charge in [0.2, 0.25) is 0 Å². The van der Waals surface area contributed by atoms with Crippen LogP contribution >= 0.6 is 0 Å². The Balaban J connectivity index is 1.87. The number of nitrogens with one attached hydrogen (secondary N) is 1. The van der Waals surface area contributed by atoms with Crippen LogP contribution in [0, 0.1) is 12.8 Å². The maximum absolute atomic E-state index is 4.46. The lowest BCUT2D eigenvalue weighted by Crippen LogP contribution is -2.37. The molecular formula is C16H22N4. The molecule has 3 rings (SSSR count). The first kappa shape index (κ1) is 13.3. The van der Waals surface area contributed by atoms with Crippen molar-refractivity contribution in [3.05, 3.63) is 30.0 Å². The minimum absolute atomic E-state index is 0.793. The van der Waals surface area contributed by atoms with Gasteiger partial charge >= 0.3 is 0 Å². The topological polar surface area (TPSA) is 41.0 Å². The lowest BCUT2D eigenvalue weighted by Gasteiger charge is -2.33. The number of aromatic nitrogens is 2. The number of fused-ring (bicyclic) bond motifs is 1. The van der Waals surface area contributed by atoms with E-state index in [-0.39, 0.29) is 0 Å². The lowest BCUT2D eigenvalue weighted by molar-refractivity contribution is 0.392. The zero-order chi connectivity index (χ0) is 13.9. The molecule has 0 aliphatic carbocycles. The van der Waals surface area contributed by atoms with Crippen molar-refractivity contribution in [1.29, 1.82) is 0 Å². The summed E-state index contributed by atoms with van der Waals surface area (Å²) in [4.78, 5) is 2.39. The normalized spacial score (nSPS) is 16.8. The minimum Gasteiger partial charge on any atom is -0.355 e. The highest BCUT2D eigenvalue weighted by Crippen LogP contribution is 2.28. The first-order valence-corrected chi connectivity index (χ1v) is 7.41. The second-order valence-corrected chi connectivity index (χ2v) is 5.64. The van der Waals surface area contributed by atoms with Gasteiger partial charge in [-0.3, -0.25) is 0 Å². The highest BCUT2D eigenvalue weighted by molar-refractivity contribution is 5.93. The Hall–Kier alpha value is -1.68. The van der Waals surface area contributed by atoms with Gasteiger partial charge in [0.25, 0.3) is 0 Å². The van der Waals surface area contributed by atoms with Gasteiger partial charge in [0, 0.05) is 23.9 Å². The Kier molecular flexibility index (Phi) is 3.83. The molecule has 2 heterocycles. The number of nitrogens with zero attached hydrogens (tertiary/aromatic N) is 3. The Morgan fingerprint density at radius 3 is 2.55 bits per heavy atom. The Morgan fingerprint density at radius 1 is 1.15 bits per heavy atom. The van der Waals surface area contributed by atoms with Gasteiger partial charge in [0.05, 0.1) is 5.69 Å². The van der Waals surface area contributed by atoms with E-state index in [0.717, 1.165) is 37.1 Å². The average Bonchev–Trinajstić information content (AvgIpc) is 2.49. The second kappa shape index (κ2) is 5.75.